The molecule has 0 fully saturated rings. The van der Waals surface area contributed by atoms with Crippen molar-refractivity contribution < 1.29 is 14.3 Å². The molecule has 0 aromatic rings. The van der Waals surface area contributed by atoms with Crippen molar-refractivity contribution in [3.8, 4) is 0 Å². The fraction of sp³-hybridized carbons (Fsp3) is 0.333. The van der Waals surface area contributed by atoms with Crippen LogP contribution in [0.1, 0.15) is 13.8 Å². The molecule has 0 spiro atoms. The monoisotopic (exact) mass is 183 g/mol. The Hall–Kier alpha value is -1.58. The van der Waals surface area contributed by atoms with Crippen LogP contribution in [0.15, 0.2) is 24.5 Å². The molecule has 0 saturated heterocycles. The molecule has 0 heterocycles. The molecule has 0 atom stereocenters. The SMILES string of the molecule is C=C(C)C(=O)OC=CC(=O)NCC. The van der Waals surface area contributed by atoms with Crippen molar-refractivity contribution in [1.29, 1.82) is 0 Å². The minimum absolute atomic E-state index is 0.292. The summed E-state index contributed by atoms with van der Waals surface area (Å²) in [6.07, 6.45) is 2.19. The number of carbonyl (C=O) groups excluding carboxylic acids is 2. The second kappa shape index (κ2) is 5.99. The van der Waals surface area contributed by atoms with E-state index in [2.05, 4.69) is 16.6 Å². The number of nitrogens with one attached hydrogen (secondary N) is 1. The summed E-state index contributed by atoms with van der Waals surface area (Å²) < 4.78 is 4.54. The summed E-state index contributed by atoms with van der Waals surface area (Å²) in [5.41, 5.74) is 0.292. The van der Waals surface area contributed by atoms with Crippen LogP contribution in [0.4, 0.5) is 0 Å². The second-order valence-corrected chi connectivity index (χ2v) is 2.38. The molecular weight excluding hydrogens is 170 g/mol. The molecule has 0 bridgehead atoms. The van der Waals surface area contributed by atoms with Crippen LogP contribution in [-0.4, -0.2) is 18.4 Å². The standard InChI is InChI=1S/C9H13NO3/c1-4-10-8(11)5-6-13-9(12)7(2)3/h5-6H,2,4H2,1,3H3,(H,10,11). The first kappa shape index (κ1) is 11.4. The van der Waals surface area contributed by atoms with Crippen LogP contribution in [-0.2, 0) is 14.3 Å². The lowest BCUT2D eigenvalue weighted by molar-refractivity contribution is -0.133. The van der Waals surface area contributed by atoms with Crippen LogP contribution < -0.4 is 5.32 Å². The van der Waals surface area contributed by atoms with Gasteiger partial charge in [0, 0.05) is 18.2 Å². The van der Waals surface area contributed by atoms with E-state index in [1.165, 1.54) is 6.92 Å². The zero-order valence-electron chi connectivity index (χ0n) is 7.79. The van der Waals surface area contributed by atoms with Crippen LogP contribution in [0.25, 0.3) is 0 Å². The third-order valence-electron chi connectivity index (χ3n) is 1.09. The third-order valence-corrected chi connectivity index (χ3v) is 1.09. The topological polar surface area (TPSA) is 55.4 Å². The Morgan fingerprint density at radius 1 is 1.54 bits per heavy atom. The van der Waals surface area contributed by atoms with Gasteiger partial charge >= 0.3 is 5.97 Å². The normalized spacial score (nSPS) is 9.69. The molecule has 72 valence electrons. The summed E-state index contributed by atoms with van der Waals surface area (Å²) in [5, 5.41) is 2.51. The molecule has 0 aromatic heterocycles. The van der Waals surface area contributed by atoms with E-state index in [1.807, 2.05) is 0 Å². The molecule has 0 rings (SSSR count). The number of likely N-dealkylation sites (N-methyl/N-ethyl adjacent to an activating group) is 1. The Balaban J connectivity index is 3.81. The van der Waals surface area contributed by atoms with Gasteiger partial charge in [-0.3, -0.25) is 4.79 Å². The van der Waals surface area contributed by atoms with Crippen LogP contribution in [0, 0.1) is 0 Å². The number of ether oxygens (including phenoxy) is 1. The van der Waals surface area contributed by atoms with Crippen molar-refractivity contribution in [2.75, 3.05) is 6.54 Å². The highest BCUT2D eigenvalue weighted by Crippen LogP contribution is 1.91. The lowest BCUT2D eigenvalue weighted by atomic mass is 10.4. The minimum atomic E-state index is -0.541. The van der Waals surface area contributed by atoms with Gasteiger partial charge in [0.1, 0.15) is 6.26 Å². The highest BCUT2D eigenvalue weighted by Gasteiger charge is 1.99. The highest BCUT2D eigenvalue weighted by atomic mass is 16.5. The molecule has 0 aliphatic heterocycles. The molecule has 0 aromatic carbocycles. The van der Waals surface area contributed by atoms with Crippen LogP contribution in [0.3, 0.4) is 0 Å². The zero-order chi connectivity index (χ0) is 10.3. The van der Waals surface area contributed by atoms with Crippen molar-refractivity contribution in [2.24, 2.45) is 0 Å². The van der Waals surface area contributed by atoms with E-state index in [0.717, 1.165) is 12.3 Å². The molecule has 0 radical (unpaired) electrons. The van der Waals surface area contributed by atoms with E-state index in [-0.39, 0.29) is 5.91 Å². The number of amides is 1. The first-order valence-corrected chi connectivity index (χ1v) is 3.88. The van der Waals surface area contributed by atoms with E-state index >= 15 is 0 Å². The molecule has 13 heavy (non-hydrogen) atoms. The number of hydrogen-bond donors (Lipinski definition) is 1. The molecule has 1 N–H and O–H groups in total. The maximum atomic E-state index is 10.8. The minimum Gasteiger partial charge on any atom is -0.431 e. The summed E-state index contributed by atoms with van der Waals surface area (Å²) in [6, 6.07) is 0. The Kier molecular flexibility index (Phi) is 5.27. The van der Waals surface area contributed by atoms with Gasteiger partial charge in [-0.25, -0.2) is 4.79 Å². The van der Waals surface area contributed by atoms with Crippen LogP contribution in [0.2, 0.25) is 0 Å². The predicted molar refractivity (Wildman–Crippen MR) is 48.7 cm³/mol. The average molecular weight is 183 g/mol. The number of esters is 1. The van der Waals surface area contributed by atoms with Gasteiger partial charge in [-0.05, 0) is 13.8 Å². The Bertz CT molecular complexity index is 243. The van der Waals surface area contributed by atoms with Crippen LogP contribution >= 0.6 is 0 Å². The lowest BCUT2D eigenvalue weighted by Crippen LogP contribution is -2.20. The van der Waals surface area contributed by atoms with E-state index in [4.69, 9.17) is 0 Å². The van der Waals surface area contributed by atoms with Gasteiger partial charge in [-0.15, -0.1) is 0 Å². The highest BCUT2D eigenvalue weighted by molar-refractivity contribution is 5.89. The fourth-order valence-corrected chi connectivity index (χ4v) is 0.491. The second-order valence-electron chi connectivity index (χ2n) is 2.38. The summed E-state index contributed by atoms with van der Waals surface area (Å²) in [6.45, 7) is 7.25. The number of rotatable bonds is 4. The van der Waals surface area contributed by atoms with Gasteiger partial charge in [-0.2, -0.15) is 0 Å². The molecule has 0 unspecified atom stereocenters. The van der Waals surface area contributed by atoms with E-state index < -0.39 is 5.97 Å². The molecule has 4 heteroatoms. The maximum Gasteiger partial charge on any atom is 0.337 e. The quantitative estimate of drug-likeness (QED) is 0.397. The van der Waals surface area contributed by atoms with Crippen molar-refractivity contribution >= 4 is 11.9 Å². The van der Waals surface area contributed by atoms with E-state index in [9.17, 15) is 9.59 Å². The molecule has 0 aliphatic carbocycles. The Morgan fingerprint density at radius 2 is 2.15 bits per heavy atom. The van der Waals surface area contributed by atoms with Gasteiger partial charge in [0.05, 0.1) is 0 Å². The predicted octanol–water partition coefficient (Wildman–Crippen LogP) is 0.756. The van der Waals surface area contributed by atoms with Crippen molar-refractivity contribution in [3.63, 3.8) is 0 Å². The summed E-state index contributed by atoms with van der Waals surface area (Å²) >= 11 is 0. The largest absolute Gasteiger partial charge is 0.431 e. The van der Waals surface area contributed by atoms with Crippen molar-refractivity contribution in [1.82, 2.24) is 5.32 Å². The number of hydrogen-bond acceptors (Lipinski definition) is 3. The van der Waals surface area contributed by atoms with E-state index in [1.54, 1.807) is 6.92 Å². The Labute approximate surface area is 77.3 Å². The molecule has 4 nitrogen and oxygen atoms in total. The van der Waals surface area contributed by atoms with Gasteiger partial charge in [0.2, 0.25) is 5.91 Å². The summed E-state index contributed by atoms with van der Waals surface area (Å²) in [5.74, 6) is -0.836. The first-order valence-electron chi connectivity index (χ1n) is 3.88. The average Bonchev–Trinajstić information content (AvgIpc) is 2.04. The van der Waals surface area contributed by atoms with E-state index in [0.29, 0.717) is 12.1 Å². The fourth-order valence-electron chi connectivity index (χ4n) is 0.491. The van der Waals surface area contributed by atoms with Crippen molar-refractivity contribution in [3.05, 3.63) is 24.5 Å². The molecule has 1 amide bonds. The van der Waals surface area contributed by atoms with Crippen molar-refractivity contribution in [2.45, 2.75) is 13.8 Å². The summed E-state index contributed by atoms with van der Waals surface area (Å²) in [4.78, 5) is 21.6. The Morgan fingerprint density at radius 3 is 2.62 bits per heavy atom. The maximum absolute atomic E-state index is 10.8. The lowest BCUT2D eigenvalue weighted by Gasteiger charge is -1.96. The van der Waals surface area contributed by atoms with Gasteiger partial charge in [0.25, 0.3) is 0 Å². The molecule has 0 aliphatic rings. The number of carbonyl (C=O) groups is 2. The zero-order valence-corrected chi connectivity index (χ0v) is 7.79. The third kappa shape index (κ3) is 5.66. The van der Waals surface area contributed by atoms with Gasteiger partial charge in [-0.1, -0.05) is 6.58 Å². The summed E-state index contributed by atoms with van der Waals surface area (Å²) in [7, 11) is 0. The van der Waals surface area contributed by atoms with Gasteiger partial charge < -0.3 is 10.1 Å². The first-order chi connectivity index (χ1) is 6.07. The van der Waals surface area contributed by atoms with Gasteiger partial charge in [0.15, 0.2) is 0 Å². The molecule has 0 saturated carbocycles. The smallest absolute Gasteiger partial charge is 0.337 e. The molecular formula is C9H13NO3. The van der Waals surface area contributed by atoms with Crippen LogP contribution in [0.5, 0.6) is 0 Å².